The predicted octanol–water partition coefficient (Wildman–Crippen LogP) is 5.52. The molecule has 0 unspecified atom stereocenters. The summed E-state index contributed by atoms with van der Waals surface area (Å²) in [6.45, 7) is 4.11. The normalized spacial score (nSPS) is 17.5. The minimum absolute atomic E-state index is 0.155. The number of anilines is 2. The second-order valence-electron chi connectivity index (χ2n) is 9.17. The summed E-state index contributed by atoms with van der Waals surface area (Å²) in [7, 11) is 0. The molecule has 5 rings (SSSR count). The van der Waals surface area contributed by atoms with Gasteiger partial charge in [-0.3, -0.25) is 10.00 Å². The van der Waals surface area contributed by atoms with Gasteiger partial charge in [-0.1, -0.05) is 23.7 Å². The quantitative estimate of drug-likeness (QED) is 0.474. The van der Waals surface area contributed by atoms with Crippen molar-refractivity contribution in [1.82, 2.24) is 25.1 Å². The third-order valence-corrected chi connectivity index (χ3v) is 6.76. The third kappa shape index (κ3) is 5.17. The molecule has 3 heterocycles. The number of H-pyrrole nitrogens is 1. The van der Waals surface area contributed by atoms with Gasteiger partial charge in [-0.05, 0) is 64.1 Å². The molecule has 9 heteroatoms. The summed E-state index contributed by atoms with van der Waals surface area (Å²) in [6, 6.07) is 6.98. The maximum absolute atomic E-state index is 15.2. The van der Waals surface area contributed by atoms with E-state index in [9.17, 15) is 4.39 Å². The summed E-state index contributed by atoms with van der Waals surface area (Å²) in [6.07, 6.45) is 4.32. The maximum atomic E-state index is 15.2. The number of likely N-dealkylation sites (tertiary alicyclic amines) is 1. The Bertz CT molecular complexity index is 1140. The number of rotatable bonds is 7. The number of aromatic nitrogens is 4. The molecule has 33 heavy (non-hydrogen) atoms. The van der Waals surface area contributed by atoms with Crippen molar-refractivity contribution in [2.24, 2.45) is 5.92 Å². The first kappa shape index (κ1) is 22.2. The van der Waals surface area contributed by atoms with Gasteiger partial charge in [0.25, 0.3) is 0 Å². The largest absolute Gasteiger partial charge is 0.307 e. The number of benzene rings is 1. The molecule has 1 saturated heterocycles. The monoisotopic (exact) mass is 472 g/mol. The van der Waals surface area contributed by atoms with Crippen LogP contribution in [0.3, 0.4) is 0 Å². The average molecular weight is 473 g/mol. The van der Waals surface area contributed by atoms with Gasteiger partial charge < -0.3 is 5.32 Å². The smallest absolute Gasteiger partial charge is 0.229 e. The number of aryl methyl sites for hydroxylation is 1. The van der Waals surface area contributed by atoms with Crippen LogP contribution < -0.4 is 5.32 Å². The molecule has 2 aromatic heterocycles. The molecule has 0 amide bonds. The van der Waals surface area contributed by atoms with Crippen molar-refractivity contribution in [2.45, 2.75) is 51.5 Å². The van der Waals surface area contributed by atoms with Crippen molar-refractivity contribution in [2.75, 3.05) is 18.4 Å². The van der Waals surface area contributed by atoms with Crippen LogP contribution in [0.5, 0.6) is 0 Å². The van der Waals surface area contributed by atoms with Gasteiger partial charge in [-0.15, -0.1) is 0 Å². The van der Waals surface area contributed by atoms with Crippen LogP contribution in [-0.4, -0.2) is 38.2 Å². The Hall–Kier alpha value is -2.58. The number of aromatic amines is 1. The molecule has 2 N–H and O–H groups in total. The number of hydrogen-bond donors (Lipinski definition) is 2. The van der Waals surface area contributed by atoms with Crippen molar-refractivity contribution in [3.63, 3.8) is 0 Å². The molecule has 0 bridgehead atoms. The number of halogens is 3. The minimum atomic E-state index is -0.343. The standard InChI is InChI=1S/C24H27ClF2N6/c1-14-11-20(32-31-14)29-24-28-19(22(27)23(30-24)16-5-6-16)12-15-7-9-33(10-8-15)13-17-3-2-4-18(25)21(17)26/h2-4,11,15-16H,5-10,12-13H2,1H3,(H2,28,29,30,31,32). The summed E-state index contributed by atoms with van der Waals surface area (Å²) in [5.41, 5.74) is 2.53. The zero-order chi connectivity index (χ0) is 22.9. The predicted molar refractivity (Wildman–Crippen MR) is 124 cm³/mol. The van der Waals surface area contributed by atoms with Crippen LogP contribution in [0.2, 0.25) is 5.02 Å². The SMILES string of the molecule is Cc1cc(Nc2nc(CC3CCN(Cc4cccc(Cl)c4F)CC3)c(F)c(C3CC3)n2)n[nH]1. The maximum Gasteiger partial charge on any atom is 0.229 e. The highest BCUT2D eigenvalue weighted by atomic mass is 35.5. The molecule has 174 valence electrons. The summed E-state index contributed by atoms with van der Waals surface area (Å²) in [5.74, 6) is 0.917. The molecule has 0 radical (unpaired) electrons. The zero-order valence-electron chi connectivity index (χ0n) is 18.5. The van der Waals surface area contributed by atoms with Crippen LogP contribution >= 0.6 is 11.6 Å². The Labute approximate surface area is 196 Å². The highest BCUT2D eigenvalue weighted by Crippen LogP contribution is 2.41. The molecular formula is C24H27ClF2N6. The van der Waals surface area contributed by atoms with Crippen LogP contribution in [0.25, 0.3) is 0 Å². The lowest BCUT2D eigenvalue weighted by Gasteiger charge is -2.32. The van der Waals surface area contributed by atoms with Crippen molar-refractivity contribution >= 4 is 23.4 Å². The summed E-state index contributed by atoms with van der Waals surface area (Å²) >= 11 is 5.91. The van der Waals surface area contributed by atoms with E-state index in [1.54, 1.807) is 18.2 Å². The van der Waals surface area contributed by atoms with Crippen molar-refractivity contribution in [3.8, 4) is 0 Å². The molecule has 2 fully saturated rings. The van der Waals surface area contributed by atoms with E-state index in [0.29, 0.717) is 47.6 Å². The number of nitrogens with zero attached hydrogens (tertiary/aromatic N) is 4. The second kappa shape index (κ2) is 9.35. The van der Waals surface area contributed by atoms with Crippen molar-refractivity contribution in [3.05, 3.63) is 63.6 Å². The molecule has 1 aliphatic carbocycles. The number of hydrogen-bond acceptors (Lipinski definition) is 5. The Balaban J connectivity index is 1.26. The lowest BCUT2D eigenvalue weighted by Crippen LogP contribution is -2.34. The molecular weight excluding hydrogens is 446 g/mol. The lowest BCUT2D eigenvalue weighted by atomic mass is 9.91. The van der Waals surface area contributed by atoms with E-state index in [0.717, 1.165) is 44.5 Å². The van der Waals surface area contributed by atoms with E-state index >= 15 is 4.39 Å². The first-order chi connectivity index (χ1) is 16.0. The first-order valence-electron chi connectivity index (χ1n) is 11.5. The molecule has 6 nitrogen and oxygen atoms in total. The van der Waals surface area contributed by atoms with Crippen LogP contribution in [0.4, 0.5) is 20.5 Å². The first-order valence-corrected chi connectivity index (χ1v) is 11.8. The van der Waals surface area contributed by atoms with E-state index in [1.165, 1.54) is 0 Å². The van der Waals surface area contributed by atoms with E-state index in [4.69, 9.17) is 11.6 Å². The van der Waals surface area contributed by atoms with Crippen LogP contribution in [-0.2, 0) is 13.0 Å². The van der Waals surface area contributed by atoms with Gasteiger partial charge in [0.1, 0.15) is 5.82 Å². The van der Waals surface area contributed by atoms with Gasteiger partial charge >= 0.3 is 0 Å². The van der Waals surface area contributed by atoms with Gasteiger partial charge in [-0.2, -0.15) is 5.10 Å². The molecule has 1 aromatic carbocycles. The molecule has 3 aromatic rings. The summed E-state index contributed by atoms with van der Waals surface area (Å²) in [5, 5.41) is 10.3. The fraction of sp³-hybridized carbons (Fsp3) is 0.458. The molecule has 2 aliphatic rings. The van der Waals surface area contributed by atoms with Gasteiger partial charge in [0, 0.05) is 29.8 Å². The van der Waals surface area contributed by atoms with E-state index in [1.807, 2.05) is 13.0 Å². The number of nitrogens with one attached hydrogen (secondary N) is 2. The topological polar surface area (TPSA) is 69.7 Å². The van der Waals surface area contributed by atoms with Gasteiger partial charge in [0.05, 0.1) is 16.4 Å². The van der Waals surface area contributed by atoms with Gasteiger partial charge in [0.2, 0.25) is 5.95 Å². The zero-order valence-corrected chi connectivity index (χ0v) is 19.3. The van der Waals surface area contributed by atoms with E-state index in [-0.39, 0.29) is 22.6 Å². The Morgan fingerprint density at radius 1 is 1.12 bits per heavy atom. The van der Waals surface area contributed by atoms with Gasteiger partial charge in [-0.25, -0.2) is 18.7 Å². The average Bonchev–Trinajstić information content (AvgIpc) is 3.56. The summed E-state index contributed by atoms with van der Waals surface area (Å²) in [4.78, 5) is 11.2. The molecule has 1 aliphatic heterocycles. The fourth-order valence-electron chi connectivity index (χ4n) is 4.46. The third-order valence-electron chi connectivity index (χ3n) is 6.47. The lowest BCUT2D eigenvalue weighted by molar-refractivity contribution is 0.174. The Morgan fingerprint density at radius 3 is 2.61 bits per heavy atom. The molecule has 0 spiro atoms. The van der Waals surface area contributed by atoms with Crippen LogP contribution in [0.1, 0.15) is 54.2 Å². The van der Waals surface area contributed by atoms with E-state index in [2.05, 4.69) is 30.4 Å². The molecule has 1 saturated carbocycles. The second-order valence-corrected chi connectivity index (χ2v) is 9.57. The number of piperidine rings is 1. The fourth-order valence-corrected chi connectivity index (χ4v) is 4.66. The van der Waals surface area contributed by atoms with Crippen LogP contribution in [0.15, 0.2) is 24.3 Å². The minimum Gasteiger partial charge on any atom is -0.307 e. The Kier molecular flexibility index (Phi) is 6.29. The van der Waals surface area contributed by atoms with Crippen molar-refractivity contribution in [1.29, 1.82) is 0 Å². The summed E-state index contributed by atoms with van der Waals surface area (Å²) < 4.78 is 29.5. The van der Waals surface area contributed by atoms with Crippen LogP contribution in [0, 0.1) is 24.5 Å². The Morgan fingerprint density at radius 2 is 1.91 bits per heavy atom. The van der Waals surface area contributed by atoms with Crippen molar-refractivity contribution < 1.29 is 8.78 Å². The molecule has 0 atom stereocenters. The van der Waals surface area contributed by atoms with E-state index < -0.39 is 0 Å². The highest BCUT2D eigenvalue weighted by Gasteiger charge is 2.32. The van der Waals surface area contributed by atoms with Gasteiger partial charge in [0.15, 0.2) is 11.6 Å². The highest BCUT2D eigenvalue weighted by molar-refractivity contribution is 6.30.